The van der Waals surface area contributed by atoms with Crippen LogP contribution in [0.5, 0.6) is 0 Å². The third-order valence-corrected chi connectivity index (χ3v) is 4.65. The Hall–Kier alpha value is -1.54. The smallest absolute Gasteiger partial charge is 0.381 e. The monoisotopic (exact) mass is 320 g/mol. The fraction of sp³-hybridized carbons (Fsp3) is 0.385. The van der Waals surface area contributed by atoms with E-state index in [0.29, 0.717) is 12.2 Å². The first-order chi connectivity index (χ1) is 9.80. The molecule has 1 aromatic rings. The number of hydrogen-bond donors (Lipinski definition) is 2. The van der Waals surface area contributed by atoms with E-state index in [0.717, 1.165) is 31.6 Å². The Morgan fingerprint density at radius 1 is 1.19 bits per heavy atom. The van der Waals surface area contributed by atoms with Crippen molar-refractivity contribution in [3.05, 3.63) is 35.9 Å². The molecule has 0 aromatic heterocycles. The molecule has 21 heavy (non-hydrogen) atoms. The number of sulfone groups is 1. The molecule has 1 heterocycles. The van der Waals surface area contributed by atoms with Crippen molar-refractivity contribution < 1.29 is 21.6 Å². The van der Waals surface area contributed by atoms with E-state index < -0.39 is 20.2 Å². The summed E-state index contributed by atoms with van der Waals surface area (Å²) in [6.07, 6.45) is 2.96. The second-order valence-corrected chi connectivity index (χ2v) is 6.58. The summed E-state index contributed by atoms with van der Waals surface area (Å²) in [5, 5.41) is 6.23. The van der Waals surface area contributed by atoms with Gasteiger partial charge >= 0.3 is 5.51 Å². The molecule has 0 bridgehead atoms. The summed E-state index contributed by atoms with van der Waals surface area (Å²) in [5.41, 5.74) is -3.49. The molecule has 2 N–H and O–H groups in total. The minimum Gasteiger partial charge on any atom is -0.381 e. The minimum atomic E-state index is -5.28. The van der Waals surface area contributed by atoms with Crippen LogP contribution in [0.3, 0.4) is 0 Å². The molecule has 1 aliphatic rings. The molecule has 116 valence electrons. The number of rotatable bonds is 4. The van der Waals surface area contributed by atoms with Crippen molar-refractivity contribution in [2.24, 2.45) is 0 Å². The average molecular weight is 320 g/mol. The van der Waals surface area contributed by atoms with Gasteiger partial charge in [-0.15, -0.1) is 0 Å². The van der Waals surface area contributed by atoms with Gasteiger partial charge in [-0.3, -0.25) is 0 Å². The van der Waals surface area contributed by atoms with Crippen molar-refractivity contribution in [1.82, 2.24) is 5.32 Å². The first-order valence-corrected chi connectivity index (χ1v) is 7.83. The highest BCUT2D eigenvalue weighted by atomic mass is 32.2. The van der Waals surface area contributed by atoms with Crippen LogP contribution < -0.4 is 10.6 Å². The van der Waals surface area contributed by atoms with E-state index >= 15 is 0 Å². The van der Waals surface area contributed by atoms with Crippen LogP contribution >= 0.6 is 0 Å². The molecule has 0 spiro atoms. The Bertz CT molecular complexity index is 622. The zero-order chi connectivity index (χ0) is 15.5. The third kappa shape index (κ3) is 3.76. The van der Waals surface area contributed by atoms with E-state index in [4.69, 9.17) is 0 Å². The normalized spacial score (nSPS) is 16.4. The summed E-state index contributed by atoms with van der Waals surface area (Å²) in [6.45, 7) is 2.29. The summed E-state index contributed by atoms with van der Waals surface area (Å²) in [6, 6.07) is 4.59. The van der Waals surface area contributed by atoms with Gasteiger partial charge in [0.25, 0.3) is 9.84 Å². The molecule has 1 aromatic carbocycles. The summed E-state index contributed by atoms with van der Waals surface area (Å²) in [5.74, 6) is 0. The summed E-state index contributed by atoms with van der Waals surface area (Å²) >= 11 is 0. The molecule has 8 heteroatoms. The van der Waals surface area contributed by atoms with Crippen LogP contribution in [0.15, 0.2) is 40.8 Å². The van der Waals surface area contributed by atoms with Gasteiger partial charge in [-0.2, -0.15) is 13.2 Å². The van der Waals surface area contributed by atoms with Crippen LogP contribution in [0.4, 0.5) is 18.9 Å². The van der Waals surface area contributed by atoms with Gasteiger partial charge in [-0.1, -0.05) is 11.6 Å². The predicted molar refractivity (Wildman–Crippen MR) is 73.7 cm³/mol. The highest BCUT2D eigenvalue weighted by molar-refractivity contribution is 7.92. The fourth-order valence-electron chi connectivity index (χ4n) is 1.93. The number of halogens is 3. The Morgan fingerprint density at radius 3 is 2.38 bits per heavy atom. The van der Waals surface area contributed by atoms with Crippen LogP contribution in [0.2, 0.25) is 0 Å². The lowest BCUT2D eigenvalue weighted by Gasteiger charge is -2.15. The van der Waals surface area contributed by atoms with E-state index in [-0.39, 0.29) is 0 Å². The molecular weight excluding hydrogens is 305 g/mol. The standard InChI is InChI=1S/C13H15F3N2O2S/c14-13(15,16)21(19,20)12-3-1-11(2-4-12)18-9-10-5-7-17-8-6-10/h1-5,17-18H,6-9H2. The van der Waals surface area contributed by atoms with Gasteiger partial charge in [0.15, 0.2) is 0 Å². The van der Waals surface area contributed by atoms with Crippen LogP contribution in [0, 0.1) is 0 Å². The fourth-order valence-corrected chi connectivity index (χ4v) is 2.69. The second-order valence-electron chi connectivity index (χ2n) is 4.64. The molecule has 0 unspecified atom stereocenters. The molecule has 0 aliphatic carbocycles. The number of anilines is 1. The first kappa shape index (κ1) is 15.8. The summed E-state index contributed by atoms with van der Waals surface area (Å²) in [7, 11) is -5.28. The lowest BCUT2D eigenvalue weighted by Crippen LogP contribution is -2.23. The minimum absolute atomic E-state index is 0.579. The summed E-state index contributed by atoms with van der Waals surface area (Å²) < 4.78 is 59.6. The first-order valence-electron chi connectivity index (χ1n) is 6.34. The molecule has 0 fully saturated rings. The van der Waals surface area contributed by atoms with Crippen LogP contribution in [0.1, 0.15) is 6.42 Å². The van der Waals surface area contributed by atoms with Gasteiger partial charge in [0, 0.05) is 18.8 Å². The maximum absolute atomic E-state index is 12.4. The zero-order valence-corrected chi connectivity index (χ0v) is 11.9. The molecule has 1 aliphatic heterocycles. The zero-order valence-electron chi connectivity index (χ0n) is 11.1. The van der Waals surface area contributed by atoms with Crippen LogP contribution in [-0.2, 0) is 9.84 Å². The Morgan fingerprint density at radius 2 is 1.86 bits per heavy atom. The van der Waals surface area contributed by atoms with Crippen molar-refractivity contribution >= 4 is 15.5 Å². The van der Waals surface area contributed by atoms with Crippen molar-refractivity contribution in [3.8, 4) is 0 Å². The van der Waals surface area contributed by atoms with Crippen molar-refractivity contribution in [2.75, 3.05) is 25.0 Å². The van der Waals surface area contributed by atoms with Gasteiger partial charge in [0.05, 0.1) is 4.90 Å². The van der Waals surface area contributed by atoms with E-state index in [2.05, 4.69) is 16.7 Å². The highest BCUT2D eigenvalue weighted by Gasteiger charge is 2.46. The molecule has 0 atom stereocenters. The Labute approximate surface area is 121 Å². The predicted octanol–water partition coefficient (Wildman–Crippen LogP) is 2.31. The molecule has 0 amide bonds. The third-order valence-electron chi connectivity index (χ3n) is 3.15. The molecule has 0 saturated heterocycles. The molecule has 2 rings (SSSR count). The number of alkyl halides is 3. The van der Waals surface area contributed by atoms with Gasteiger partial charge in [-0.25, -0.2) is 8.42 Å². The topological polar surface area (TPSA) is 58.2 Å². The average Bonchev–Trinajstić information content (AvgIpc) is 2.45. The number of benzene rings is 1. The largest absolute Gasteiger partial charge is 0.501 e. The maximum Gasteiger partial charge on any atom is 0.501 e. The van der Waals surface area contributed by atoms with Crippen molar-refractivity contribution in [2.45, 2.75) is 16.8 Å². The SMILES string of the molecule is O=S(=O)(c1ccc(NCC2=CCNCC2)cc1)C(F)(F)F. The number of nitrogens with one attached hydrogen (secondary N) is 2. The maximum atomic E-state index is 12.4. The van der Waals surface area contributed by atoms with Crippen LogP contribution in [0.25, 0.3) is 0 Å². The van der Waals surface area contributed by atoms with Gasteiger partial charge in [-0.05, 0) is 37.2 Å². The van der Waals surface area contributed by atoms with E-state index in [1.807, 2.05) is 0 Å². The lowest BCUT2D eigenvalue weighted by molar-refractivity contribution is -0.0436. The lowest BCUT2D eigenvalue weighted by atomic mass is 10.1. The van der Waals surface area contributed by atoms with Crippen molar-refractivity contribution in [1.29, 1.82) is 0 Å². The van der Waals surface area contributed by atoms with Crippen molar-refractivity contribution in [3.63, 3.8) is 0 Å². The molecule has 0 radical (unpaired) electrons. The second kappa shape index (κ2) is 6.07. The Kier molecular flexibility index (Phi) is 4.58. The van der Waals surface area contributed by atoms with E-state index in [1.165, 1.54) is 17.7 Å². The molecule has 0 saturated carbocycles. The van der Waals surface area contributed by atoms with E-state index in [9.17, 15) is 21.6 Å². The molecular formula is C13H15F3N2O2S. The molecule has 4 nitrogen and oxygen atoms in total. The van der Waals surface area contributed by atoms with Crippen LogP contribution in [-0.4, -0.2) is 33.6 Å². The number of hydrogen-bond acceptors (Lipinski definition) is 4. The van der Waals surface area contributed by atoms with Gasteiger partial charge in [0.2, 0.25) is 0 Å². The summed E-state index contributed by atoms with van der Waals surface area (Å²) in [4.78, 5) is -0.748. The quantitative estimate of drug-likeness (QED) is 0.836. The van der Waals surface area contributed by atoms with Gasteiger partial charge in [0.1, 0.15) is 0 Å². The highest BCUT2D eigenvalue weighted by Crippen LogP contribution is 2.30. The van der Waals surface area contributed by atoms with E-state index in [1.54, 1.807) is 0 Å². The van der Waals surface area contributed by atoms with Gasteiger partial charge < -0.3 is 10.6 Å². The Balaban J connectivity index is 2.04.